The minimum atomic E-state index is -0.106. The van der Waals surface area contributed by atoms with E-state index in [1.807, 2.05) is 0 Å². The minimum absolute atomic E-state index is 0.106. The van der Waals surface area contributed by atoms with Gasteiger partial charge in [-0.15, -0.1) is 0 Å². The third kappa shape index (κ3) is 4.81. The van der Waals surface area contributed by atoms with Gasteiger partial charge < -0.3 is 16.4 Å². The number of carbonyl (C=O) groups is 1. The molecule has 0 heterocycles. The van der Waals surface area contributed by atoms with Crippen molar-refractivity contribution in [2.45, 2.75) is 6.92 Å². The Labute approximate surface area is 115 Å². The number of nitrogens with one attached hydrogen (secondary N) is 2. The monoisotopic (exact) mass is 288 g/mol. The molecular weight excluding hydrogens is 275 g/mol. The second kappa shape index (κ2) is 7.08. The summed E-state index contributed by atoms with van der Waals surface area (Å²) in [6, 6.07) is 5.13. The third-order valence-corrected chi connectivity index (χ3v) is 2.61. The van der Waals surface area contributed by atoms with Crippen LogP contribution in [0.25, 0.3) is 0 Å². The SMILES string of the molecule is CC(=O)NCCN=C(N)Nc1c(Cl)cccc1Cl. The zero-order chi connectivity index (χ0) is 13.5. The fourth-order valence-corrected chi connectivity index (χ4v) is 1.69. The van der Waals surface area contributed by atoms with Crippen LogP contribution in [0.4, 0.5) is 5.69 Å². The quantitative estimate of drug-likeness (QED) is 0.449. The maximum absolute atomic E-state index is 10.6. The summed E-state index contributed by atoms with van der Waals surface area (Å²) in [4.78, 5) is 14.7. The molecule has 0 aliphatic rings. The van der Waals surface area contributed by atoms with Crippen molar-refractivity contribution in [3.8, 4) is 0 Å². The average Bonchev–Trinajstić information content (AvgIpc) is 2.29. The van der Waals surface area contributed by atoms with Gasteiger partial charge in [-0.1, -0.05) is 29.3 Å². The van der Waals surface area contributed by atoms with Crippen LogP contribution in [0.5, 0.6) is 0 Å². The molecule has 0 spiro atoms. The first-order chi connectivity index (χ1) is 8.50. The van der Waals surface area contributed by atoms with Crippen LogP contribution in [0, 0.1) is 0 Å². The lowest BCUT2D eigenvalue weighted by atomic mass is 10.3. The molecule has 1 aromatic carbocycles. The van der Waals surface area contributed by atoms with Gasteiger partial charge in [0.15, 0.2) is 5.96 Å². The molecule has 7 heteroatoms. The van der Waals surface area contributed by atoms with Gasteiger partial charge in [0.25, 0.3) is 0 Å². The Morgan fingerprint density at radius 3 is 2.56 bits per heavy atom. The number of benzene rings is 1. The van der Waals surface area contributed by atoms with Gasteiger partial charge in [0.2, 0.25) is 5.91 Å². The summed E-state index contributed by atoms with van der Waals surface area (Å²) in [5.74, 6) is 0.0845. The lowest BCUT2D eigenvalue weighted by molar-refractivity contribution is -0.118. The highest BCUT2D eigenvalue weighted by molar-refractivity contribution is 6.39. The maximum Gasteiger partial charge on any atom is 0.216 e. The van der Waals surface area contributed by atoms with Gasteiger partial charge in [0.1, 0.15) is 0 Å². The molecule has 0 aliphatic heterocycles. The average molecular weight is 289 g/mol. The first-order valence-electron chi connectivity index (χ1n) is 5.26. The summed E-state index contributed by atoms with van der Waals surface area (Å²) in [7, 11) is 0. The van der Waals surface area contributed by atoms with Crippen molar-refractivity contribution >= 4 is 40.8 Å². The van der Waals surface area contributed by atoms with Crippen LogP contribution in [0.3, 0.4) is 0 Å². The Morgan fingerprint density at radius 1 is 1.39 bits per heavy atom. The summed E-state index contributed by atoms with van der Waals surface area (Å²) in [5.41, 5.74) is 6.18. The number of hydrogen-bond donors (Lipinski definition) is 3. The van der Waals surface area contributed by atoms with E-state index in [1.165, 1.54) is 6.92 Å². The van der Waals surface area contributed by atoms with Crippen molar-refractivity contribution in [1.82, 2.24) is 5.32 Å². The predicted octanol–water partition coefficient (Wildman–Crippen LogP) is 1.86. The number of anilines is 1. The summed E-state index contributed by atoms with van der Waals surface area (Å²) < 4.78 is 0. The summed E-state index contributed by atoms with van der Waals surface area (Å²) in [6.07, 6.45) is 0. The Bertz CT molecular complexity index is 442. The molecule has 0 aromatic heterocycles. The van der Waals surface area contributed by atoms with E-state index >= 15 is 0 Å². The number of para-hydroxylation sites is 1. The van der Waals surface area contributed by atoms with Crippen LogP contribution >= 0.6 is 23.2 Å². The molecule has 5 nitrogen and oxygen atoms in total. The smallest absolute Gasteiger partial charge is 0.216 e. The van der Waals surface area contributed by atoms with Gasteiger partial charge in [0, 0.05) is 13.5 Å². The van der Waals surface area contributed by atoms with Crippen LogP contribution in [0.15, 0.2) is 23.2 Å². The number of amides is 1. The van der Waals surface area contributed by atoms with Gasteiger partial charge in [-0.05, 0) is 12.1 Å². The van der Waals surface area contributed by atoms with Crippen LogP contribution in [-0.2, 0) is 4.79 Å². The van der Waals surface area contributed by atoms with Gasteiger partial charge in [0.05, 0.1) is 22.3 Å². The van der Waals surface area contributed by atoms with Crippen LogP contribution in [0.2, 0.25) is 10.0 Å². The van der Waals surface area contributed by atoms with Gasteiger partial charge >= 0.3 is 0 Å². The van der Waals surface area contributed by atoms with Crippen molar-refractivity contribution in [3.63, 3.8) is 0 Å². The maximum atomic E-state index is 10.6. The first-order valence-corrected chi connectivity index (χ1v) is 6.01. The van der Waals surface area contributed by atoms with E-state index in [4.69, 9.17) is 28.9 Å². The normalized spacial score (nSPS) is 11.2. The van der Waals surface area contributed by atoms with E-state index < -0.39 is 0 Å². The molecule has 1 aromatic rings. The lowest BCUT2D eigenvalue weighted by Crippen LogP contribution is -2.27. The highest BCUT2D eigenvalue weighted by atomic mass is 35.5. The molecule has 0 saturated carbocycles. The molecule has 0 bridgehead atoms. The van der Waals surface area contributed by atoms with E-state index in [2.05, 4.69) is 15.6 Å². The molecule has 0 unspecified atom stereocenters. The molecule has 0 aliphatic carbocycles. The van der Waals surface area contributed by atoms with E-state index in [0.717, 1.165) is 0 Å². The number of hydrogen-bond acceptors (Lipinski definition) is 2. The van der Waals surface area contributed by atoms with Crippen LogP contribution < -0.4 is 16.4 Å². The number of nitrogens with zero attached hydrogens (tertiary/aromatic N) is 1. The Hall–Kier alpha value is -1.46. The summed E-state index contributed by atoms with van der Waals surface area (Å²) in [6.45, 7) is 2.24. The molecule has 4 N–H and O–H groups in total. The van der Waals surface area contributed by atoms with E-state index in [9.17, 15) is 4.79 Å². The van der Waals surface area contributed by atoms with Gasteiger partial charge in [-0.2, -0.15) is 0 Å². The summed E-state index contributed by atoms with van der Waals surface area (Å²) in [5, 5.41) is 6.35. The Balaban J connectivity index is 2.56. The van der Waals surface area contributed by atoms with E-state index in [1.54, 1.807) is 18.2 Å². The minimum Gasteiger partial charge on any atom is -0.370 e. The Kier molecular flexibility index (Phi) is 5.74. The largest absolute Gasteiger partial charge is 0.370 e. The van der Waals surface area contributed by atoms with Crippen molar-refractivity contribution in [3.05, 3.63) is 28.2 Å². The number of aliphatic imine (C=N–C) groups is 1. The predicted molar refractivity (Wildman–Crippen MR) is 75.3 cm³/mol. The molecule has 0 saturated heterocycles. The van der Waals surface area contributed by atoms with Gasteiger partial charge in [-0.3, -0.25) is 9.79 Å². The highest BCUT2D eigenvalue weighted by Crippen LogP contribution is 2.29. The summed E-state index contributed by atoms with van der Waals surface area (Å²) >= 11 is 11.9. The molecule has 1 amide bonds. The number of guanidine groups is 1. The zero-order valence-electron chi connectivity index (χ0n) is 9.84. The van der Waals surface area contributed by atoms with Crippen LogP contribution in [0.1, 0.15) is 6.92 Å². The first kappa shape index (κ1) is 14.6. The Morgan fingerprint density at radius 2 is 2.00 bits per heavy atom. The molecule has 0 radical (unpaired) electrons. The molecule has 98 valence electrons. The number of halogens is 2. The molecule has 0 atom stereocenters. The fourth-order valence-electron chi connectivity index (χ4n) is 1.19. The standard InChI is InChI=1S/C11H14Cl2N4O/c1-7(18)15-5-6-16-11(14)17-10-8(12)3-2-4-9(10)13/h2-4H,5-6H2,1H3,(H,15,18)(H3,14,16,17). The van der Waals surface area contributed by atoms with Crippen LogP contribution in [-0.4, -0.2) is 25.0 Å². The second-order valence-corrected chi connectivity index (χ2v) is 4.29. The van der Waals surface area contributed by atoms with Crippen molar-refractivity contribution < 1.29 is 4.79 Å². The van der Waals surface area contributed by atoms with Gasteiger partial charge in [-0.25, -0.2) is 0 Å². The zero-order valence-corrected chi connectivity index (χ0v) is 11.3. The molecular formula is C11H14Cl2N4O. The fraction of sp³-hybridized carbons (Fsp3) is 0.273. The number of nitrogens with two attached hydrogens (primary N) is 1. The van der Waals surface area contributed by atoms with E-state index in [-0.39, 0.29) is 11.9 Å². The van der Waals surface area contributed by atoms with Crippen molar-refractivity contribution in [2.75, 3.05) is 18.4 Å². The van der Waals surface area contributed by atoms with Crippen molar-refractivity contribution in [2.24, 2.45) is 10.7 Å². The molecule has 18 heavy (non-hydrogen) atoms. The number of carbonyl (C=O) groups excluding carboxylic acids is 1. The topological polar surface area (TPSA) is 79.5 Å². The molecule has 0 fully saturated rings. The molecule has 1 rings (SSSR count). The third-order valence-electron chi connectivity index (χ3n) is 1.98. The highest BCUT2D eigenvalue weighted by Gasteiger charge is 2.05. The van der Waals surface area contributed by atoms with E-state index in [0.29, 0.717) is 28.8 Å². The second-order valence-electron chi connectivity index (χ2n) is 3.47. The van der Waals surface area contributed by atoms with Crippen molar-refractivity contribution in [1.29, 1.82) is 0 Å². The lowest BCUT2D eigenvalue weighted by Gasteiger charge is -2.09. The number of rotatable bonds is 4.